The molecule has 3 aliphatic heterocycles. The van der Waals surface area contributed by atoms with Gasteiger partial charge in [-0.2, -0.15) is 8.42 Å². The quantitative estimate of drug-likeness (QED) is 0.0218. The molecule has 9 rings (SSSR count). The fraction of sp³-hybridized carbons (Fsp3) is 0.267. The third-order valence-corrected chi connectivity index (χ3v) is 14.0. The average molecular weight is 1120 g/mol. The van der Waals surface area contributed by atoms with E-state index in [9.17, 15) is 37.2 Å². The fourth-order valence-corrected chi connectivity index (χ4v) is 9.87. The second kappa shape index (κ2) is 27.2. The smallest absolute Gasteiger partial charge is 0.414 e. The van der Waals surface area contributed by atoms with Crippen molar-refractivity contribution in [1.82, 2.24) is 20.4 Å². The number of rotatable bonds is 19. The highest BCUT2D eigenvalue weighted by molar-refractivity contribution is 7.86. The Morgan fingerprint density at radius 2 is 1.01 bits per heavy atom. The monoisotopic (exact) mass is 1120 g/mol. The number of anilines is 2. The van der Waals surface area contributed by atoms with Gasteiger partial charge in [0.25, 0.3) is 10.1 Å². The maximum absolute atomic E-state index is 13.4. The molecular weight excluding hydrogens is 1060 g/mol. The molecule has 20 nitrogen and oxygen atoms in total. The van der Waals surface area contributed by atoms with Crippen molar-refractivity contribution in [2.24, 2.45) is 0 Å². The van der Waals surface area contributed by atoms with Gasteiger partial charge in [-0.1, -0.05) is 121 Å². The molecule has 0 aliphatic carbocycles. The molecule has 0 spiro atoms. The molecular formula is C60H62N8O12S. The molecule has 6 aromatic carbocycles. The number of cyclic esters (lactones) is 2. The molecule has 3 heterocycles. The van der Waals surface area contributed by atoms with Crippen LogP contribution in [-0.2, 0) is 47.7 Å². The number of esters is 1. The molecule has 2 unspecified atom stereocenters. The number of benzene rings is 6. The van der Waals surface area contributed by atoms with Gasteiger partial charge in [-0.05, 0) is 77.7 Å². The van der Waals surface area contributed by atoms with E-state index in [-0.39, 0.29) is 61.5 Å². The number of hydrogen-bond donors (Lipinski definition) is 4. The highest BCUT2D eigenvalue weighted by Crippen LogP contribution is 2.28. The summed E-state index contributed by atoms with van der Waals surface area (Å²) in [5, 5.41) is 22.4. The van der Waals surface area contributed by atoms with Crippen molar-refractivity contribution >= 4 is 69.0 Å². The van der Waals surface area contributed by atoms with Crippen LogP contribution in [0.15, 0.2) is 170 Å². The summed E-state index contributed by atoms with van der Waals surface area (Å²) >= 11 is 0. The van der Waals surface area contributed by atoms with E-state index in [1.54, 1.807) is 60.4 Å². The lowest BCUT2D eigenvalue weighted by Crippen LogP contribution is -2.52. The van der Waals surface area contributed by atoms with Gasteiger partial charge in [-0.15, -0.1) is 0 Å². The highest BCUT2D eigenvalue weighted by Gasteiger charge is 2.36. The number of carbonyl (C=O) groups excluding carboxylic acids is 6. The van der Waals surface area contributed by atoms with Crippen molar-refractivity contribution < 1.29 is 55.6 Å². The van der Waals surface area contributed by atoms with E-state index < -0.39 is 46.3 Å². The van der Waals surface area contributed by atoms with Crippen LogP contribution in [0.25, 0.3) is 0 Å². The Bertz CT molecular complexity index is 3230. The van der Waals surface area contributed by atoms with E-state index in [0.29, 0.717) is 61.8 Å². The zero-order valence-electron chi connectivity index (χ0n) is 44.6. The van der Waals surface area contributed by atoms with Gasteiger partial charge in [0.1, 0.15) is 30.5 Å². The predicted molar refractivity (Wildman–Crippen MR) is 303 cm³/mol. The van der Waals surface area contributed by atoms with Gasteiger partial charge in [-0.25, -0.2) is 9.59 Å². The molecule has 0 saturated carbocycles. The Hall–Kier alpha value is -9.05. The Morgan fingerprint density at radius 1 is 0.605 bits per heavy atom. The van der Waals surface area contributed by atoms with Crippen molar-refractivity contribution in [1.29, 1.82) is 10.8 Å². The number of piperazine rings is 1. The lowest BCUT2D eigenvalue weighted by Gasteiger charge is -2.34. The lowest BCUT2D eigenvalue weighted by atomic mass is 9.90. The third kappa shape index (κ3) is 15.8. The summed E-state index contributed by atoms with van der Waals surface area (Å²) < 4.78 is 42.8. The fourth-order valence-electron chi connectivity index (χ4n) is 9.47. The molecule has 0 bridgehead atoms. The molecule has 3 saturated heterocycles. The van der Waals surface area contributed by atoms with Crippen molar-refractivity contribution in [2.45, 2.75) is 37.4 Å². The molecule has 4 N–H and O–H groups in total. The predicted octanol–water partition coefficient (Wildman–Crippen LogP) is 6.64. The molecule has 81 heavy (non-hydrogen) atoms. The molecule has 5 amide bonds. The Morgan fingerprint density at radius 3 is 1.41 bits per heavy atom. The van der Waals surface area contributed by atoms with E-state index in [1.165, 1.54) is 9.80 Å². The molecule has 420 valence electrons. The van der Waals surface area contributed by atoms with Crippen LogP contribution in [0.3, 0.4) is 0 Å². The minimum Gasteiger partial charge on any atom is -0.466 e. The third-order valence-electron chi connectivity index (χ3n) is 13.5. The molecule has 21 heteroatoms. The second-order valence-electron chi connectivity index (χ2n) is 19.2. The largest absolute Gasteiger partial charge is 0.466 e. The van der Waals surface area contributed by atoms with Gasteiger partial charge in [-0.3, -0.25) is 48.9 Å². The van der Waals surface area contributed by atoms with E-state index in [2.05, 4.69) is 10.6 Å². The van der Waals surface area contributed by atoms with Gasteiger partial charge in [0.15, 0.2) is 0 Å². The summed E-state index contributed by atoms with van der Waals surface area (Å²) in [4.78, 5) is 82.3. The number of amides is 5. The maximum atomic E-state index is 13.4. The summed E-state index contributed by atoms with van der Waals surface area (Å²) in [6, 6.07) is 50.9. The molecule has 3 fully saturated rings. The molecule has 6 aromatic rings. The van der Waals surface area contributed by atoms with Gasteiger partial charge in [0.2, 0.25) is 17.7 Å². The first-order valence-corrected chi connectivity index (χ1v) is 28.0. The summed E-state index contributed by atoms with van der Waals surface area (Å²) in [7, 11) is -3.65. The molecule has 2 atom stereocenters. The van der Waals surface area contributed by atoms with E-state index in [1.807, 2.05) is 126 Å². The van der Waals surface area contributed by atoms with Gasteiger partial charge in [0.05, 0.1) is 50.8 Å². The minimum atomic E-state index is -3.65. The number of ether oxygens (including phenoxy) is 3. The van der Waals surface area contributed by atoms with Crippen LogP contribution in [0, 0.1) is 10.8 Å². The Kier molecular flexibility index (Phi) is 19.5. The van der Waals surface area contributed by atoms with Crippen molar-refractivity contribution in [3.8, 4) is 0 Å². The van der Waals surface area contributed by atoms with Crippen LogP contribution in [0.4, 0.5) is 21.0 Å². The maximum Gasteiger partial charge on any atom is 0.414 e. The van der Waals surface area contributed by atoms with E-state index >= 15 is 0 Å². The SMILES string of the molecule is CCOC(=O)CCN1CCN(CC2CN(c3ccc(C(=N)NC(=O)C(c4ccccc4)c4ccccc4)cc3)C(=O)O2)CC1=O.CS(=O)(=O)OCC1CN(c2ccc(C(=N)NC(=O)C(c3ccccc3)c3ccccc3)cc2)C(=O)O1. The summed E-state index contributed by atoms with van der Waals surface area (Å²) in [5.74, 6) is -2.33. The van der Waals surface area contributed by atoms with E-state index in [0.717, 1.165) is 28.5 Å². The van der Waals surface area contributed by atoms with Crippen LogP contribution >= 0.6 is 0 Å². The van der Waals surface area contributed by atoms with Crippen LogP contribution in [0.5, 0.6) is 0 Å². The van der Waals surface area contributed by atoms with Crippen molar-refractivity contribution in [2.75, 3.05) is 75.1 Å². The van der Waals surface area contributed by atoms with Gasteiger partial charge in [0, 0.05) is 48.7 Å². The van der Waals surface area contributed by atoms with Crippen molar-refractivity contribution in [3.05, 3.63) is 203 Å². The number of nitrogens with one attached hydrogen (secondary N) is 4. The summed E-state index contributed by atoms with van der Waals surface area (Å²) in [6.45, 7) is 4.27. The average Bonchev–Trinajstić information content (AvgIpc) is 4.06. The zero-order chi connectivity index (χ0) is 57.5. The van der Waals surface area contributed by atoms with E-state index in [4.69, 9.17) is 29.2 Å². The molecule has 0 radical (unpaired) electrons. The minimum absolute atomic E-state index is 0.0450. The Balaban J connectivity index is 0.000000218. The zero-order valence-corrected chi connectivity index (χ0v) is 45.5. The lowest BCUT2D eigenvalue weighted by molar-refractivity contribution is -0.145. The first kappa shape index (κ1) is 58.1. The molecule has 0 aromatic heterocycles. The standard InChI is InChI=1S/C34H37N5O6.C26H25N3O6S/c1-2-44-30(41)17-18-38-20-19-37(23-29(38)40)21-28-22-39(34(43)45-28)27-15-13-26(14-16-27)32(35)36-33(42)31(24-9-5-3-6-10-24)25-11-7-4-8-12-25;1-36(32,33)34-17-22-16-29(26(31)35-22)21-14-12-20(13-15-21)24(27)28-25(30)23(18-8-4-2-5-9-18)19-10-6-3-7-11-19/h3-16,28,31H,2,17-23H2,1H3,(H2,35,36,42);2-15,22-23H,16-17H2,1H3,(H2,27,28,30). The first-order chi connectivity index (χ1) is 39.0. The van der Waals surface area contributed by atoms with Crippen LogP contribution in [-0.4, -0.2) is 143 Å². The number of amidine groups is 2. The van der Waals surface area contributed by atoms with Crippen LogP contribution in [0.1, 0.15) is 58.6 Å². The van der Waals surface area contributed by atoms with Crippen LogP contribution < -0.4 is 20.4 Å². The summed E-state index contributed by atoms with van der Waals surface area (Å²) in [6.07, 6.45) is -1.15. The number of carbonyl (C=O) groups is 6. The number of nitrogens with zero attached hydrogens (tertiary/aromatic N) is 4. The normalized spacial score (nSPS) is 16.3. The summed E-state index contributed by atoms with van der Waals surface area (Å²) in [5.41, 5.74) is 5.34. The Labute approximate surface area is 469 Å². The van der Waals surface area contributed by atoms with Crippen LogP contribution in [0.2, 0.25) is 0 Å². The van der Waals surface area contributed by atoms with Crippen molar-refractivity contribution in [3.63, 3.8) is 0 Å². The first-order valence-electron chi connectivity index (χ1n) is 26.2. The topological polar surface area (TPSA) is 258 Å². The van der Waals surface area contributed by atoms with Gasteiger partial charge < -0.3 is 29.7 Å². The second-order valence-corrected chi connectivity index (χ2v) is 20.9. The molecule has 3 aliphatic rings. The van der Waals surface area contributed by atoms with Gasteiger partial charge >= 0.3 is 18.2 Å². The number of hydrogen-bond acceptors (Lipinski definition) is 15. The highest BCUT2D eigenvalue weighted by atomic mass is 32.2.